The Labute approximate surface area is 103 Å². The van der Waals surface area contributed by atoms with Crippen molar-refractivity contribution in [3.63, 3.8) is 0 Å². The highest BCUT2D eigenvalue weighted by atomic mass is 32.1. The minimum Gasteiger partial charge on any atom is -0.325 e. The van der Waals surface area contributed by atoms with E-state index in [0.717, 1.165) is 35.5 Å². The summed E-state index contributed by atoms with van der Waals surface area (Å²) in [5.74, 6) is -0.219. The van der Waals surface area contributed by atoms with E-state index >= 15 is 0 Å². The summed E-state index contributed by atoms with van der Waals surface area (Å²) >= 11 is 1.63. The van der Waals surface area contributed by atoms with E-state index in [2.05, 4.69) is 4.98 Å². The summed E-state index contributed by atoms with van der Waals surface area (Å²) in [5.41, 5.74) is 7.93. The van der Waals surface area contributed by atoms with Gasteiger partial charge in [-0.1, -0.05) is 0 Å². The molecule has 2 aromatic rings. The molecule has 17 heavy (non-hydrogen) atoms. The molecule has 88 valence electrons. The van der Waals surface area contributed by atoms with Crippen LogP contribution in [0.2, 0.25) is 0 Å². The molecule has 0 bridgehead atoms. The van der Waals surface area contributed by atoms with Crippen LogP contribution in [0, 0.1) is 5.82 Å². The van der Waals surface area contributed by atoms with Crippen molar-refractivity contribution >= 4 is 11.3 Å². The van der Waals surface area contributed by atoms with E-state index in [-0.39, 0.29) is 11.4 Å². The number of halogens is 1. The summed E-state index contributed by atoms with van der Waals surface area (Å²) in [7, 11) is 0. The molecule has 1 aliphatic rings. The molecule has 0 unspecified atom stereocenters. The predicted molar refractivity (Wildman–Crippen MR) is 67.4 cm³/mol. The Morgan fingerprint density at radius 1 is 1.29 bits per heavy atom. The average Bonchev–Trinajstić information content (AvgIpc) is 2.86. The molecule has 1 aromatic heterocycles. The largest absolute Gasteiger partial charge is 0.325 e. The van der Waals surface area contributed by atoms with Crippen LogP contribution in [0.25, 0.3) is 11.3 Å². The van der Waals surface area contributed by atoms with Crippen LogP contribution in [0.5, 0.6) is 0 Å². The molecule has 0 aliphatic heterocycles. The molecule has 1 aliphatic carbocycles. The molecule has 1 heterocycles. The van der Waals surface area contributed by atoms with Crippen molar-refractivity contribution in [1.82, 2.24) is 4.98 Å². The van der Waals surface area contributed by atoms with Gasteiger partial charge in [0.25, 0.3) is 0 Å². The maximum absolute atomic E-state index is 12.8. The van der Waals surface area contributed by atoms with E-state index in [0.29, 0.717) is 0 Å². The molecule has 0 atom stereocenters. The number of aromatic nitrogens is 1. The van der Waals surface area contributed by atoms with Gasteiger partial charge in [0.05, 0.1) is 10.7 Å². The minimum absolute atomic E-state index is 0.00206. The molecule has 0 spiro atoms. The Bertz CT molecular complexity index is 529. The molecule has 0 amide bonds. The van der Waals surface area contributed by atoms with E-state index in [9.17, 15) is 4.39 Å². The number of rotatable bonds is 3. The molecule has 0 radical (unpaired) electrons. The van der Waals surface area contributed by atoms with Crippen LogP contribution in [0.3, 0.4) is 0 Å². The fraction of sp³-hybridized carbons (Fsp3) is 0.308. The van der Waals surface area contributed by atoms with Crippen LogP contribution in [0.4, 0.5) is 4.39 Å². The van der Waals surface area contributed by atoms with Crippen LogP contribution in [-0.2, 0) is 6.42 Å². The third kappa shape index (κ3) is 2.37. The van der Waals surface area contributed by atoms with Gasteiger partial charge >= 0.3 is 0 Å². The molecule has 0 saturated heterocycles. The Hall–Kier alpha value is -1.26. The molecule has 2 nitrogen and oxygen atoms in total. The van der Waals surface area contributed by atoms with Crippen molar-refractivity contribution in [1.29, 1.82) is 0 Å². The van der Waals surface area contributed by atoms with Gasteiger partial charge in [-0.15, -0.1) is 11.3 Å². The van der Waals surface area contributed by atoms with Crippen molar-refractivity contribution in [2.75, 3.05) is 0 Å². The first-order valence-electron chi connectivity index (χ1n) is 5.64. The second kappa shape index (κ2) is 3.89. The summed E-state index contributed by atoms with van der Waals surface area (Å²) < 4.78 is 12.8. The van der Waals surface area contributed by atoms with Crippen LogP contribution in [0.15, 0.2) is 29.6 Å². The lowest BCUT2D eigenvalue weighted by molar-refractivity contribution is 0.628. The van der Waals surface area contributed by atoms with Gasteiger partial charge in [-0.3, -0.25) is 0 Å². The molecule has 3 rings (SSSR count). The van der Waals surface area contributed by atoms with Crippen molar-refractivity contribution in [3.05, 3.63) is 40.5 Å². The van der Waals surface area contributed by atoms with Crippen molar-refractivity contribution in [2.24, 2.45) is 5.73 Å². The summed E-state index contributed by atoms with van der Waals surface area (Å²) in [5, 5.41) is 3.08. The number of nitrogens with two attached hydrogens (primary N) is 1. The number of thiazole rings is 1. The monoisotopic (exact) mass is 248 g/mol. The maximum Gasteiger partial charge on any atom is 0.123 e. The molecule has 2 N–H and O–H groups in total. The zero-order valence-corrected chi connectivity index (χ0v) is 10.1. The van der Waals surface area contributed by atoms with Crippen LogP contribution < -0.4 is 5.73 Å². The summed E-state index contributed by atoms with van der Waals surface area (Å²) in [6.45, 7) is 0. The van der Waals surface area contributed by atoms with Crippen LogP contribution in [-0.4, -0.2) is 10.5 Å². The van der Waals surface area contributed by atoms with E-state index in [4.69, 9.17) is 5.73 Å². The maximum atomic E-state index is 12.8. The number of hydrogen-bond acceptors (Lipinski definition) is 3. The second-order valence-electron chi connectivity index (χ2n) is 4.67. The van der Waals surface area contributed by atoms with Gasteiger partial charge in [-0.05, 0) is 37.1 Å². The molecule has 1 fully saturated rings. The normalized spacial score (nSPS) is 17.1. The van der Waals surface area contributed by atoms with E-state index in [1.165, 1.54) is 12.1 Å². The Kier molecular flexibility index (Phi) is 2.49. The highest BCUT2D eigenvalue weighted by Crippen LogP contribution is 2.36. The van der Waals surface area contributed by atoms with Crippen molar-refractivity contribution in [2.45, 2.75) is 24.8 Å². The van der Waals surface area contributed by atoms with Crippen molar-refractivity contribution < 1.29 is 4.39 Å². The number of nitrogens with zero attached hydrogens (tertiary/aromatic N) is 1. The van der Waals surface area contributed by atoms with Gasteiger partial charge in [0, 0.05) is 22.9 Å². The zero-order chi connectivity index (χ0) is 11.9. The SMILES string of the molecule is NC1(Cc2nc(-c3ccc(F)cc3)cs2)CC1. The van der Waals surface area contributed by atoms with Gasteiger partial charge in [0.15, 0.2) is 0 Å². The highest BCUT2D eigenvalue weighted by Gasteiger charge is 2.38. The number of hydrogen-bond donors (Lipinski definition) is 1. The summed E-state index contributed by atoms with van der Waals surface area (Å²) in [6.07, 6.45) is 3.05. The lowest BCUT2D eigenvalue weighted by atomic mass is 10.2. The average molecular weight is 248 g/mol. The number of benzene rings is 1. The van der Waals surface area contributed by atoms with E-state index in [1.54, 1.807) is 23.5 Å². The first kappa shape index (κ1) is 10.9. The van der Waals surface area contributed by atoms with E-state index < -0.39 is 0 Å². The molecular weight excluding hydrogens is 235 g/mol. The Morgan fingerprint density at radius 2 is 2.00 bits per heavy atom. The lowest BCUT2D eigenvalue weighted by Gasteiger charge is -2.03. The van der Waals surface area contributed by atoms with Gasteiger partial charge in [-0.25, -0.2) is 9.37 Å². The lowest BCUT2D eigenvalue weighted by Crippen LogP contribution is -2.24. The standard InChI is InChI=1S/C13H13FN2S/c14-10-3-1-9(2-4-10)11-8-17-12(16-11)7-13(15)5-6-13/h1-4,8H,5-7,15H2. The second-order valence-corrected chi connectivity index (χ2v) is 5.62. The molecule has 1 saturated carbocycles. The highest BCUT2D eigenvalue weighted by molar-refractivity contribution is 7.10. The zero-order valence-electron chi connectivity index (χ0n) is 9.32. The Morgan fingerprint density at radius 3 is 2.65 bits per heavy atom. The third-order valence-corrected chi connectivity index (χ3v) is 3.94. The van der Waals surface area contributed by atoms with Crippen LogP contribution >= 0.6 is 11.3 Å². The van der Waals surface area contributed by atoms with Crippen LogP contribution in [0.1, 0.15) is 17.8 Å². The third-order valence-electron chi connectivity index (χ3n) is 3.09. The van der Waals surface area contributed by atoms with Gasteiger partial charge in [-0.2, -0.15) is 0 Å². The fourth-order valence-electron chi connectivity index (χ4n) is 1.78. The fourth-order valence-corrected chi connectivity index (χ4v) is 2.74. The molecule has 4 heteroatoms. The van der Waals surface area contributed by atoms with E-state index in [1.807, 2.05) is 5.38 Å². The van der Waals surface area contributed by atoms with Gasteiger partial charge < -0.3 is 5.73 Å². The first-order valence-corrected chi connectivity index (χ1v) is 6.52. The van der Waals surface area contributed by atoms with Gasteiger partial charge in [0.2, 0.25) is 0 Å². The quantitative estimate of drug-likeness (QED) is 0.907. The van der Waals surface area contributed by atoms with Crippen molar-refractivity contribution in [3.8, 4) is 11.3 Å². The summed E-state index contributed by atoms with van der Waals surface area (Å²) in [6, 6.07) is 6.42. The molecule has 1 aromatic carbocycles. The Balaban J connectivity index is 1.82. The minimum atomic E-state index is -0.219. The topological polar surface area (TPSA) is 38.9 Å². The van der Waals surface area contributed by atoms with Gasteiger partial charge in [0.1, 0.15) is 5.82 Å². The molecular formula is C13H13FN2S. The summed E-state index contributed by atoms with van der Waals surface area (Å²) in [4.78, 5) is 4.55. The first-order chi connectivity index (χ1) is 8.15. The predicted octanol–water partition coefficient (Wildman–Crippen LogP) is 2.98. The smallest absolute Gasteiger partial charge is 0.123 e.